The fourth-order valence-corrected chi connectivity index (χ4v) is 5.31. The lowest BCUT2D eigenvalue weighted by Crippen LogP contribution is -2.60. The molecule has 33 heavy (non-hydrogen) atoms. The number of ether oxygens (including phenoxy) is 1. The molecule has 2 aromatic rings. The average molecular weight is 450 g/mol. The van der Waals surface area contributed by atoms with Crippen LogP contribution in [0.15, 0.2) is 60.7 Å². The molecule has 2 aliphatic rings. The van der Waals surface area contributed by atoms with Gasteiger partial charge in [-0.25, -0.2) is 4.79 Å². The quantitative estimate of drug-likeness (QED) is 0.766. The Balaban J connectivity index is 1.71. The summed E-state index contributed by atoms with van der Waals surface area (Å²) in [5.41, 5.74) is 1.90. The highest BCUT2D eigenvalue weighted by atomic mass is 16.6. The van der Waals surface area contributed by atoms with Gasteiger partial charge in [-0.1, -0.05) is 60.7 Å². The second kappa shape index (κ2) is 9.56. The Labute approximate surface area is 196 Å². The highest BCUT2D eigenvalue weighted by Crippen LogP contribution is 2.38. The van der Waals surface area contributed by atoms with Gasteiger partial charge in [0.25, 0.3) is 0 Å². The van der Waals surface area contributed by atoms with Gasteiger partial charge >= 0.3 is 6.09 Å². The van der Waals surface area contributed by atoms with Crippen molar-refractivity contribution in [1.82, 2.24) is 15.1 Å². The molecule has 0 spiro atoms. The zero-order valence-corrected chi connectivity index (χ0v) is 20.0. The SMILES string of the molecule is CC(=O)N[C@@H]1C[C@H]2CN(C(=O)OC(C)(C)C)C[C@@H](C(c3ccccc3)c3ccccc3)N2C1. The van der Waals surface area contributed by atoms with E-state index < -0.39 is 5.60 Å². The second-order valence-electron chi connectivity index (χ2n) is 10.2. The molecule has 2 aliphatic heterocycles. The van der Waals surface area contributed by atoms with Crippen LogP contribution in [0.5, 0.6) is 0 Å². The van der Waals surface area contributed by atoms with E-state index >= 15 is 0 Å². The van der Waals surface area contributed by atoms with Gasteiger partial charge in [0.2, 0.25) is 5.91 Å². The van der Waals surface area contributed by atoms with Gasteiger partial charge in [0.05, 0.1) is 0 Å². The normalized spacial score (nSPS) is 23.3. The summed E-state index contributed by atoms with van der Waals surface area (Å²) in [5.74, 6) is 0.0827. The van der Waals surface area contributed by atoms with Crippen LogP contribution in [0.1, 0.15) is 51.2 Å². The predicted octanol–water partition coefficient (Wildman–Crippen LogP) is 4.02. The molecule has 0 bridgehead atoms. The lowest BCUT2D eigenvalue weighted by Gasteiger charge is -2.47. The second-order valence-corrected chi connectivity index (χ2v) is 10.2. The monoisotopic (exact) mass is 449 g/mol. The first-order chi connectivity index (χ1) is 15.7. The molecule has 4 rings (SSSR count). The fourth-order valence-electron chi connectivity index (χ4n) is 5.31. The number of hydrogen-bond donors (Lipinski definition) is 1. The third-order valence-corrected chi connectivity index (χ3v) is 6.48. The van der Waals surface area contributed by atoms with Gasteiger partial charge in [0.1, 0.15) is 5.60 Å². The molecular weight excluding hydrogens is 414 g/mol. The maximum Gasteiger partial charge on any atom is 0.410 e. The third kappa shape index (κ3) is 5.56. The molecule has 2 fully saturated rings. The summed E-state index contributed by atoms with van der Waals surface area (Å²) in [6.45, 7) is 9.24. The Morgan fingerprint density at radius 1 is 0.939 bits per heavy atom. The minimum atomic E-state index is -0.545. The summed E-state index contributed by atoms with van der Waals surface area (Å²) in [6, 6.07) is 21.3. The number of hydrogen-bond acceptors (Lipinski definition) is 4. The van der Waals surface area contributed by atoms with Crippen molar-refractivity contribution in [3.63, 3.8) is 0 Å². The molecule has 0 radical (unpaired) electrons. The molecule has 2 aromatic carbocycles. The van der Waals surface area contributed by atoms with Crippen molar-refractivity contribution in [2.75, 3.05) is 19.6 Å². The third-order valence-electron chi connectivity index (χ3n) is 6.48. The van der Waals surface area contributed by atoms with E-state index in [4.69, 9.17) is 4.74 Å². The van der Waals surface area contributed by atoms with E-state index in [-0.39, 0.29) is 36.0 Å². The van der Waals surface area contributed by atoms with Gasteiger partial charge in [0.15, 0.2) is 0 Å². The molecule has 1 N–H and O–H groups in total. The molecule has 0 aliphatic carbocycles. The first-order valence-electron chi connectivity index (χ1n) is 11.8. The number of piperazine rings is 1. The summed E-state index contributed by atoms with van der Waals surface area (Å²) in [6.07, 6.45) is 0.557. The lowest BCUT2D eigenvalue weighted by atomic mass is 9.82. The number of carbonyl (C=O) groups excluding carboxylic acids is 2. The number of nitrogens with one attached hydrogen (secondary N) is 1. The molecule has 0 saturated carbocycles. The topological polar surface area (TPSA) is 61.9 Å². The summed E-state index contributed by atoms with van der Waals surface area (Å²) in [4.78, 5) is 29.3. The average Bonchev–Trinajstić information content (AvgIpc) is 3.16. The largest absolute Gasteiger partial charge is 0.444 e. The van der Waals surface area contributed by atoms with Crippen LogP contribution < -0.4 is 5.32 Å². The molecule has 6 heteroatoms. The van der Waals surface area contributed by atoms with Crippen molar-refractivity contribution in [3.05, 3.63) is 71.8 Å². The molecule has 0 aromatic heterocycles. The molecule has 3 atom stereocenters. The number of amides is 2. The minimum Gasteiger partial charge on any atom is -0.444 e. The minimum absolute atomic E-state index is 0.0111. The van der Waals surface area contributed by atoms with Crippen LogP contribution in [0.3, 0.4) is 0 Å². The summed E-state index contributed by atoms with van der Waals surface area (Å²) in [5, 5.41) is 3.10. The highest BCUT2D eigenvalue weighted by Gasteiger charge is 2.46. The molecule has 2 heterocycles. The lowest BCUT2D eigenvalue weighted by molar-refractivity contribution is -0.119. The van der Waals surface area contributed by atoms with E-state index in [1.165, 1.54) is 11.1 Å². The van der Waals surface area contributed by atoms with Crippen molar-refractivity contribution in [1.29, 1.82) is 0 Å². The zero-order valence-electron chi connectivity index (χ0n) is 20.0. The molecule has 176 valence electrons. The smallest absolute Gasteiger partial charge is 0.410 e. The molecular formula is C27H35N3O3. The maximum atomic E-state index is 13.1. The Morgan fingerprint density at radius 2 is 1.52 bits per heavy atom. The van der Waals surface area contributed by atoms with Crippen molar-refractivity contribution < 1.29 is 14.3 Å². The molecule has 6 nitrogen and oxygen atoms in total. The first-order valence-corrected chi connectivity index (χ1v) is 11.8. The van der Waals surface area contributed by atoms with Crippen molar-refractivity contribution in [2.24, 2.45) is 0 Å². The Bertz CT molecular complexity index is 918. The van der Waals surface area contributed by atoms with E-state index in [9.17, 15) is 9.59 Å². The molecule has 0 unspecified atom stereocenters. The van der Waals surface area contributed by atoms with Gasteiger partial charge < -0.3 is 15.0 Å². The Hall–Kier alpha value is -2.86. The van der Waals surface area contributed by atoms with Gasteiger partial charge in [-0.05, 0) is 38.3 Å². The number of fused-ring (bicyclic) bond motifs is 1. The van der Waals surface area contributed by atoms with E-state index in [0.717, 1.165) is 13.0 Å². The van der Waals surface area contributed by atoms with E-state index in [2.05, 4.69) is 58.7 Å². The number of rotatable bonds is 4. The number of benzene rings is 2. The highest BCUT2D eigenvalue weighted by molar-refractivity contribution is 5.73. The van der Waals surface area contributed by atoms with Gasteiger partial charge in [0, 0.05) is 50.6 Å². The Kier molecular flexibility index (Phi) is 6.75. The van der Waals surface area contributed by atoms with Crippen LogP contribution >= 0.6 is 0 Å². The van der Waals surface area contributed by atoms with E-state index in [1.54, 1.807) is 6.92 Å². The van der Waals surface area contributed by atoms with E-state index in [0.29, 0.717) is 13.1 Å². The molecule has 2 amide bonds. The van der Waals surface area contributed by atoms with Crippen LogP contribution in [0.2, 0.25) is 0 Å². The van der Waals surface area contributed by atoms with E-state index in [1.807, 2.05) is 37.8 Å². The predicted molar refractivity (Wildman–Crippen MR) is 129 cm³/mol. The van der Waals surface area contributed by atoms with Crippen LogP contribution in [0.25, 0.3) is 0 Å². The van der Waals surface area contributed by atoms with Crippen LogP contribution in [-0.2, 0) is 9.53 Å². The Morgan fingerprint density at radius 3 is 2.03 bits per heavy atom. The number of carbonyl (C=O) groups is 2. The standard InChI is InChI=1S/C27H35N3O3/c1-19(31)28-22-15-23-17-29(26(32)33-27(2,3)4)18-24(30(23)16-22)25(20-11-7-5-8-12-20)21-13-9-6-10-14-21/h5-14,22-25H,15-18H2,1-4H3,(H,28,31)/t22-,23+,24+/m1/s1. The summed E-state index contributed by atoms with van der Waals surface area (Å²) < 4.78 is 5.76. The van der Waals surface area contributed by atoms with Gasteiger partial charge in [-0.15, -0.1) is 0 Å². The van der Waals surface area contributed by atoms with Crippen molar-refractivity contribution in [3.8, 4) is 0 Å². The summed E-state index contributed by atoms with van der Waals surface area (Å²) in [7, 11) is 0. The molecule has 2 saturated heterocycles. The van der Waals surface area contributed by atoms with Crippen molar-refractivity contribution in [2.45, 2.75) is 63.8 Å². The van der Waals surface area contributed by atoms with Crippen molar-refractivity contribution >= 4 is 12.0 Å². The fraction of sp³-hybridized carbons (Fsp3) is 0.481. The maximum absolute atomic E-state index is 13.1. The number of nitrogens with zero attached hydrogens (tertiary/aromatic N) is 2. The van der Waals surface area contributed by atoms with Crippen LogP contribution in [0, 0.1) is 0 Å². The zero-order chi connectivity index (χ0) is 23.6. The van der Waals surface area contributed by atoms with Gasteiger partial charge in [-0.2, -0.15) is 0 Å². The first kappa shape index (κ1) is 23.3. The van der Waals surface area contributed by atoms with Crippen LogP contribution in [-0.4, -0.2) is 65.2 Å². The van der Waals surface area contributed by atoms with Gasteiger partial charge in [-0.3, -0.25) is 9.69 Å². The van der Waals surface area contributed by atoms with Crippen LogP contribution in [0.4, 0.5) is 4.79 Å². The summed E-state index contributed by atoms with van der Waals surface area (Å²) >= 11 is 0.